The van der Waals surface area contributed by atoms with Crippen molar-refractivity contribution in [2.75, 3.05) is 38.2 Å². The fraction of sp³-hybridized carbons (Fsp3) is 1.00. The van der Waals surface area contributed by atoms with E-state index in [2.05, 4.69) is 15.9 Å². The average molecular weight is 278 g/mol. The highest BCUT2D eigenvalue weighted by atomic mass is 79.9. The fourth-order valence-corrected chi connectivity index (χ4v) is 1.48. The second-order valence-electron chi connectivity index (χ2n) is 2.78. The molecule has 0 amide bonds. The van der Waals surface area contributed by atoms with Crippen molar-refractivity contribution in [1.29, 1.82) is 0 Å². The van der Waals surface area contributed by atoms with Crippen LogP contribution in [-0.2, 0) is 4.74 Å². The zero-order valence-electron chi connectivity index (χ0n) is 8.11. The lowest BCUT2D eigenvalue weighted by atomic mass is 10.4. The molecule has 0 aromatic heterocycles. The third-order valence-corrected chi connectivity index (χ3v) is 1.91. The van der Waals surface area contributed by atoms with Gasteiger partial charge in [0.15, 0.2) is 0 Å². The van der Waals surface area contributed by atoms with Crippen LogP contribution in [0, 0.1) is 0 Å². The van der Waals surface area contributed by atoms with Crippen molar-refractivity contribution in [3.8, 4) is 0 Å². The highest BCUT2D eigenvalue weighted by Gasteiger charge is 2.30. The summed E-state index contributed by atoms with van der Waals surface area (Å²) in [6.45, 7) is 2.53. The van der Waals surface area contributed by atoms with Gasteiger partial charge >= 0.3 is 6.18 Å². The molecular formula is C8H15BrF3NO. The SMILES string of the molecule is CCOCCN(CCBr)CC(F)(F)F. The molecule has 0 fully saturated rings. The molecule has 0 radical (unpaired) electrons. The highest BCUT2D eigenvalue weighted by molar-refractivity contribution is 9.09. The Kier molecular flexibility index (Phi) is 7.58. The van der Waals surface area contributed by atoms with Gasteiger partial charge in [0.1, 0.15) is 0 Å². The summed E-state index contributed by atoms with van der Waals surface area (Å²) in [5.41, 5.74) is 0. The lowest BCUT2D eigenvalue weighted by Crippen LogP contribution is -2.37. The van der Waals surface area contributed by atoms with Gasteiger partial charge in [0.25, 0.3) is 0 Å². The number of halogens is 4. The van der Waals surface area contributed by atoms with Crippen LogP contribution in [-0.4, -0.2) is 49.3 Å². The first kappa shape index (κ1) is 14.2. The van der Waals surface area contributed by atoms with Crippen LogP contribution >= 0.6 is 15.9 Å². The van der Waals surface area contributed by atoms with Crippen LogP contribution in [0.4, 0.5) is 13.2 Å². The van der Waals surface area contributed by atoms with E-state index in [1.165, 1.54) is 4.90 Å². The molecule has 0 aliphatic heterocycles. The number of alkyl halides is 4. The van der Waals surface area contributed by atoms with Gasteiger partial charge in [0.05, 0.1) is 13.2 Å². The molecule has 0 aliphatic rings. The van der Waals surface area contributed by atoms with Gasteiger partial charge in [-0.25, -0.2) is 0 Å². The van der Waals surface area contributed by atoms with Crippen molar-refractivity contribution in [3.05, 3.63) is 0 Å². The maximum absolute atomic E-state index is 12.0. The number of hydrogen-bond donors (Lipinski definition) is 0. The smallest absolute Gasteiger partial charge is 0.380 e. The van der Waals surface area contributed by atoms with Gasteiger partial charge < -0.3 is 4.74 Å². The molecule has 0 aromatic rings. The Bertz CT molecular complexity index is 143. The minimum Gasteiger partial charge on any atom is -0.380 e. The first-order valence-corrected chi connectivity index (χ1v) is 5.54. The van der Waals surface area contributed by atoms with Gasteiger partial charge in [-0.15, -0.1) is 0 Å². The second-order valence-corrected chi connectivity index (χ2v) is 3.57. The van der Waals surface area contributed by atoms with Crippen LogP contribution in [0.1, 0.15) is 6.92 Å². The van der Waals surface area contributed by atoms with E-state index in [1.807, 2.05) is 6.92 Å². The maximum Gasteiger partial charge on any atom is 0.401 e. The van der Waals surface area contributed by atoms with Crippen LogP contribution in [0.5, 0.6) is 0 Å². The molecule has 0 atom stereocenters. The van der Waals surface area contributed by atoms with Crippen LogP contribution < -0.4 is 0 Å². The molecule has 0 aliphatic carbocycles. The largest absolute Gasteiger partial charge is 0.401 e. The third-order valence-electron chi connectivity index (χ3n) is 1.56. The third kappa shape index (κ3) is 8.77. The Morgan fingerprint density at radius 3 is 2.36 bits per heavy atom. The minimum absolute atomic E-state index is 0.318. The van der Waals surface area contributed by atoms with Gasteiger partial charge in [0, 0.05) is 25.0 Å². The van der Waals surface area contributed by atoms with E-state index in [-0.39, 0.29) is 0 Å². The van der Waals surface area contributed by atoms with E-state index in [0.717, 1.165) is 0 Å². The minimum atomic E-state index is -4.13. The van der Waals surface area contributed by atoms with Gasteiger partial charge in [-0.3, -0.25) is 4.90 Å². The lowest BCUT2D eigenvalue weighted by molar-refractivity contribution is -0.146. The number of hydrogen-bond acceptors (Lipinski definition) is 2. The van der Waals surface area contributed by atoms with E-state index < -0.39 is 12.7 Å². The summed E-state index contributed by atoms with van der Waals surface area (Å²) in [7, 11) is 0. The second kappa shape index (κ2) is 7.48. The molecule has 86 valence electrons. The summed E-state index contributed by atoms with van der Waals surface area (Å²) in [4.78, 5) is 1.32. The topological polar surface area (TPSA) is 12.5 Å². The van der Waals surface area contributed by atoms with E-state index >= 15 is 0 Å². The molecule has 0 bridgehead atoms. The summed E-state index contributed by atoms with van der Waals surface area (Å²) < 4.78 is 41.1. The van der Waals surface area contributed by atoms with Crippen LogP contribution in [0.25, 0.3) is 0 Å². The quantitative estimate of drug-likeness (QED) is 0.523. The lowest BCUT2D eigenvalue weighted by Gasteiger charge is -2.22. The predicted octanol–water partition coefficient (Wildman–Crippen LogP) is 2.28. The van der Waals surface area contributed by atoms with Gasteiger partial charge in [-0.2, -0.15) is 13.2 Å². The van der Waals surface area contributed by atoms with Gasteiger partial charge in [-0.05, 0) is 6.92 Å². The van der Waals surface area contributed by atoms with Crippen molar-refractivity contribution in [1.82, 2.24) is 4.90 Å². The Labute approximate surface area is 90.5 Å². The molecule has 0 rings (SSSR count). The normalized spacial score (nSPS) is 12.4. The zero-order chi connectivity index (χ0) is 11.0. The Hall–Kier alpha value is 0.190. The first-order chi connectivity index (χ1) is 6.49. The molecule has 14 heavy (non-hydrogen) atoms. The molecule has 0 N–H and O–H groups in total. The average Bonchev–Trinajstić information content (AvgIpc) is 2.02. The number of rotatable bonds is 7. The molecule has 6 heteroatoms. The zero-order valence-corrected chi connectivity index (χ0v) is 9.70. The van der Waals surface area contributed by atoms with E-state index in [9.17, 15) is 13.2 Å². The Morgan fingerprint density at radius 2 is 1.93 bits per heavy atom. The maximum atomic E-state index is 12.0. The number of ether oxygens (including phenoxy) is 1. The van der Waals surface area contributed by atoms with Crippen molar-refractivity contribution in [3.63, 3.8) is 0 Å². The van der Waals surface area contributed by atoms with Gasteiger partial charge in [-0.1, -0.05) is 15.9 Å². The van der Waals surface area contributed by atoms with Gasteiger partial charge in [0.2, 0.25) is 0 Å². The molecule has 2 nitrogen and oxygen atoms in total. The van der Waals surface area contributed by atoms with Crippen LogP contribution in [0.2, 0.25) is 0 Å². The van der Waals surface area contributed by atoms with Crippen molar-refractivity contribution < 1.29 is 17.9 Å². The molecule has 0 unspecified atom stereocenters. The standard InChI is InChI=1S/C8H15BrF3NO/c1-2-14-6-5-13(4-3-9)7-8(10,11)12/h2-7H2,1H3. The van der Waals surface area contributed by atoms with Crippen molar-refractivity contribution in [2.24, 2.45) is 0 Å². The van der Waals surface area contributed by atoms with Crippen LogP contribution in [0.3, 0.4) is 0 Å². The summed E-state index contributed by atoms with van der Waals surface area (Å²) >= 11 is 3.12. The Morgan fingerprint density at radius 1 is 1.29 bits per heavy atom. The van der Waals surface area contributed by atoms with E-state index in [4.69, 9.17) is 4.74 Å². The fourth-order valence-electron chi connectivity index (χ4n) is 0.981. The first-order valence-electron chi connectivity index (χ1n) is 4.42. The molecular weight excluding hydrogens is 263 g/mol. The molecule has 0 heterocycles. The van der Waals surface area contributed by atoms with Crippen molar-refractivity contribution in [2.45, 2.75) is 13.1 Å². The monoisotopic (exact) mass is 277 g/mol. The van der Waals surface area contributed by atoms with Crippen molar-refractivity contribution >= 4 is 15.9 Å². The Balaban J connectivity index is 3.77. The summed E-state index contributed by atoms with van der Waals surface area (Å²) in [6, 6.07) is 0. The van der Waals surface area contributed by atoms with E-state index in [1.54, 1.807) is 0 Å². The molecule has 0 aromatic carbocycles. The summed E-state index contributed by atoms with van der Waals surface area (Å²) in [5.74, 6) is 0. The summed E-state index contributed by atoms with van der Waals surface area (Å²) in [5, 5.41) is 0.537. The number of nitrogens with zero attached hydrogens (tertiary/aromatic N) is 1. The highest BCUT2D eigenvalue weighted by Crippen LogP contribution is 2.16. The van der Waals surface area contributed by atoms with E-state index in [0.29, 0.717) is 31.6 Å². The predicted molar refractivity (Wildman–Crippen MR) is 52.8 cm³/mol. The molecule has 0 saturated carbocycles. The molecule has 0 saturated heterocycles. The van der Waals surface area contributed by atoms with Crippen LogP contribution in [0.15, 0.2) is 0 Å². The molecule has 0 spiro atoms. The summed E-state index contributed by atoms with van der Waals surface area (Å²) in [6.07, 6.45) is -4.13.